The summed E-state index contributed by atoms with van der Waals surface area (Å²) in [5.41, 5.74) is 1.62. The number of fused-ring (bicyclic) bond motifs is 1. The molecule has 0 radical (unpaired) electrons. The number of hydrogen-bond donors (Lipinski definition) is 1. The number of nitrogens with zero attached hydrogens (tertiary/aromatic N) is 2. The van der Waals surface area contributed by atoms with E-state index in [1.165, 1.54) is 0 Å². The zero-order chi connectivity index (χ0) is 16.6. The van der Waals surface area contributed by atoms with Crippen molar-refractivity contribution in [3.63, 3.8) is 0 Å². The molecule has 3 aromatic rings. The Hall–Kier alpha value is -2.47. The van der Waals surface area contributed by atoms with Crippen molar-refractivity contribution in [2.75, 3.05) is 0 Å². The number of para-hydroxylation sites is 2. The number of amides is 1. The van der Waals surface area contributed by atoms with E-state index in [-0.39, 0.29) is 17.1 Å². The van der Waals surface area contributed by atoms with Crippen molar-refractivity contribution in [1.29, 1.82) is 0 Å². The van der Waals surface area contributed by atoms with Crippen molar-refractivity contribution >= 4 is 28.5 Å². The predicted octanol–water partition coefficient (Wildman–Crippen LogP) is 3.43. The van der Waals surface area contributed by atoms with Gasteiger partial charge < -0.3 is 9.88 Å². The summed E-state index contributed by atoms with van der Waals surface area (Å²) in [4.78, 5) is 16.5. The molecule has 0 aliphatic heterocycles. The number of nitrogens with one attached hydrogen (secondary N) is 1. The Kier molecular flexibility index (Phi) is 4.00. The summed E-state index contributed by atoms with van der Waals surface area (Å²) in [5.74, 6) is -2.18. The molecule has 0 saturated heterocycles. The number of aryl methyl sites for hydroxylation is 1. The van der Waals surface area contributed by atoms with Gasteiger partial charge in [-0.3, -0.25) is 4.79 Å². The second-order valence-electron chi connectivity index (χ2n) is 5.00. The fourth-order valence-electron chi connectivity index (χ4n) is 2.30. The van der Waals surface area contributed by atoms with Crippen molar-refractivity contribution in [3.05, 3.63) is 64.4 Å². The summed E-state index contributed by atoms with van der Waals surface area (Å²) in [5, 5.41) is 2.46. The molecule has 0 fully saturated rings. The Morgan fingerprint density at radius 3 is 2.70 bits per heavy atom. The summed E-state index contributed by atoms with van der Waals surface area (Å²) < 4.78 is 28.1. The second-order valence-corrected chi connectivity index (χ2v) is 5.41. The van der Waals surface area contributed by atoms with Gasteiger partial charge in [-0.05, 0) is 24.3 Å². The van der Waals surface area contributed by atoms with Crippen molar-refractivity contribution in [2.24, 2.45) is 7.05 Å². The van der Waals surface area contributed by atoms with Crippen LogP contribution in [0.15, 0.2) is 36.4 Å². The maximum Gasteiger partial charge on any atom is 0.253 e. The Morgan fingerprint density at radius 2 is 1.96 bits per heavy atom. The summed E-state index contributed by atoms with van der Waals surface area (Å²) in [7, 11) is 1.83. The number of imidazole rings is 1. The molecular formula is C16H12ClF2N3O. The van der Waals surface area contributed by atoms with E-state index in [1.54, 1.807) is 0 Å². The number of carbonyl (C=O) groups is 1. The molecule has 1 N–H and O–H groups in total. The number of carbonyl (C=O) groups excluding carboxylic acids is 1. The summed E-state index contributed by atoms with van der Waals surface area (Å²) in [6.07, 6.45) is 0. The molecule has 7 heteroatoms. The van der Waals surface area contributed by atoms with E-state index in [9.17, 15) is 13.6 Å². The minimum absolute atomic E-state index is 0.121. The van der Waals surface area contributed by atoms with E-state index in [4.69, 9.17) is 11.6 Å². The van der Waals surface area contributed by atoms with Crippen LogP contribution < -0.4 is 5.32 Å². The first-order valence-electron chi connectivity index (χ1n) is 6.80. The van der Waals surface area contributed by atoms with E-state index < -0.39 is 17.5 Å². The van der Waals surface area contributed by atoms with E-state index in [0.717, 1.165) is 23.2 Å². The third kappa shape index (κ3) is 2.90. The lowest BCUT2D eigenvalue weighted by atomic mass is 10.2. The molecule has 118 valence electrons. The average Bonchev–Trinajstić information content (AvgIpc) is 2.85. The first kappa shape index (κ1) is 15.4. The van der Waals surface area contributed by atoms with Crippen molar-refractivity contribution in [2.45, 2.75) is 6.54 Å². The third-order valence-corrected chi connectivity index (χ3v) is 3.85. The lowest BCUT2D eigenvalue weighted by molar-refractivity contribution is 0.0949. The lowest BCUT2D eigenvalue weighted by Crippen LogP contribution is -2.25. The zero-order valence-electron chi connectivity index (χ0n) is 12.1. The van der Waals surface area contributed by atoms with E-state index in [0.29, 0.717) is 5.82 Å². The standard InChI is InChI=1S/C16H12ClF2N3O/c1-22-14-5-3-2-4-13(14)21-15(22)8-20-16(23)9-6-11(18)12(19)7-10(9)17/h2-7H,8H2,1H3,(H,20,23). The molecule has 23 heavy (non-hydrogen) atoms. The molecule has 1 heterocycles. The lowest BCUT2D eigenvalue weighted by Gasteiger charge is -2.07. The maximum atomic E-state index is 13.3. The maximum absolute atomic E-state index is 13.3. The predicted molar refractivity (Wildman–Crippen MR) is 83.3 cm³/mol. The van der Waals surface area contributed by atoms with Crippen molar-refractivity contribution < 1.29 is 13.6 Å². The largest absolute Gasteiger partial charge is 0.345 e. The topological polar surface area (TPSA) is 46.9 Å². The molecule has 3 rings (SSSR count). The Balaban J connectivity index is 1.81. The molecule has 4 nitrogen and oxygen atoms in total. The average molecular weight is 336 g/mol. The smallest absolute Gasteiger partial charge is 0.253 e. The molecule has 0 aliphatic rings. The minimum atomic E-state index is -1.12. The van der Waals surface area contributed by atoms with Gasteiger partial charge in [0.15, 0.2) is 11.6 Å². The van der Waals surface area contributed by atoms with Crippen LogP contribution in [0.25, 0.3) is 11.0 Å². The highest BCUT2D eigenvalue weighted by Gasteiger charge is 2.16. The minimum Gasteiger partial charge on any atom is -0.345 e. The molecule has 1 aromatic heterocycles. The first-order valence-corrected chi connectivity index (χ1v) is 7.18. The Labute approximate surface area is 135 Å². The van der Waals surface area contributed by atoms with Gasteiger partial charge in [-0.2, -0.15) is 0 Å². The van der Waals surface area contributed by atoms with E-state index in [2.05, 4.69) is 10.3 Å². The van der Waals surface area contributed by atoms with E-state index >= 15 is 0 Å². The quantitative estimate of drug-likeness (QED) is 0.745. The van der Waals surface area contributed by atoms with Gasteiger partial charge in [0.1, 0.15) is 5.82 Å². The van der Waals surface area contributed by atoms with Gasteiger partial charge in [0.2, 0.25) is 0 Å². The van der Waals surface area contributed by atoms with Crippen LogP contribution in [0.3, 0.4) is 0 Å². The van der Waals surface area contributed by atoms with Gasteiger partial charge in [0.05, 0.1) is 28.2 Å². The molecule has 0 atom stereocenters. The van der Waals surface area contributed by atoms with Gasteiger partial charge in [0.25, 0.3) is 5.91 Å². The van der Waals surface area contributed by atoms with Crippen LogP contribution in [0.5, 0.6) is 0 Å². The SMILES string of the molecule is Cn1c(CNC(=O)c2cc(F)c(F)cc2Cl)nc2ccccc21. The normalized spacial score (nSPS) is 11.0. The van der Waals surface area contributed by atoms with Gasteiger partial charge in [-0.1, -0.05) is 23.7 Å². The summed E-state index contributed by atoms with van der Waals surface area (Å²) >= 11 is 5.79. The number of rotatable bonds is 3. The van der Waals surface area contributed by atoms with E-state index in [1.807, 2.05) is 35.9 Å². The molecular weight excluding hydrogens is 324 g/mol. The molecule has 0 aliphatic carbocycles. The fraction of sp³-hybridized carbons (Fsp3) is 0.125. The van der Waals surface area contributed by atoms with Crippen LogP contribution in [0.4, 0.5) is 8.78 Å². The van der Waals surface area contributed by atoms with Gasteiger partial charge in [0, 0.05) is 7.05 Å². The Morgan fingerprint density at radius 1 is 1.26 bits per heavy atom. The molecule has 2 aromatic carbocycles. The van der Waals surface area contributed by atoms with Crippen LogP contribution in [-0.2, 0) is 13.6 Å². The van der Waals surface area contributed by atoms with Gasteiger partial charge >= 0.3 is 0 Å². The zero-order valence-corrected chi connectivity index (χ0v) is 12.9. The molecule has 1 amide bonds. The van der Waals surface area contributed by atoms with Crippen LogP contribution in [0, 0.1) is 11.6 Å². The monoisotopic (exact) mass is 335 g/mol. The Bertz CT molecular complexity index is 908. The highest BCUT2D eigenvalue weighted by Crippen LogP contribution is 2.20. The molecule has 0 unspecified atom stereocenters. The summed E-state index contributed by atoms with van der Waals surface area (Å²) in [6.45, 7) is 0.138. The summed E-state index contributed by atoms with van der Waals surface area (Å²) in [6, 6.07) is 9.11. The van der Waals surface area contributed by atoms with Crippen LogP contribution in [-0.4, -0.2) is 15.5 Å². The van der Waals surface area contributed by atoms with Crippen molar-refractivity contribution in [3.8, 4) is 0 Å². The first-order chi connectivity index (χ1) is 11.0. The van der Waals surface area contributed by atoms with Crippen molar-refractivity contribution in [1.82, 2.24) is 14.9 Å². The number of benzene rings is 2. The van der Waals surface area contributed by atoms with Crippen LogP contribution in [0.1, 0.15) is 16.2 Å². The second kappa shape index (κ2) is 5.96. The number of halogens is 3. The molecule has 0 bridgehead atoms. The number of aromatic nitrogens is 2. The van der Waals surface area contributed by atoms with Crippen LogP contribution >= 0.6 is 11.6 Å². The van der Waals surface area contributed by atoms with Gasteiger partial charge in [-0.15, -0.1) is 0 Å². The number of hydrogen-bond acceptors (Lipinski definition) is 2. The highest BCUT2D eigenvalue weighted by molar-refractivity contribution is 6.33. The van der Waals surface area contributed by atoms with Crippen LogP contribution in [0.2, 0.25) is 5.02 Å². The van der Waals surface area contributed by atoms with Gasteiger partial charge in [-0.25, -0.2) is 13.8 Å². The molecule has 0 saturated carbocycles. The molecule has 0 spiro atoms. The third-order valence-electron chi connectivity index (χ3n) is 3.54. The highest BCUT2D eigenvalue weighted by atomic mass is 35.5. The fourth-order valence-corrected chi connectivity index (χ4v) is 2.54.